The Bertz CT molecular complexity index is 75.8. The maximum atomic E-state index is 9.97. The van der Waals surface area contributed by atoms with E-state index in [-0.39, 0.29) is 0 Å². The molecule has 0 aromatic carbocycles. The van der Waals surface area contributed by atoms with E-state index in [1.165, 1.54) is 0 Å². The van der Waals surface area contributed by atoms with E-state index in [1.54, 1.807) is 6.92 Å². The molecule has 61 valence electrons. The summed E-state index contributed by atoms with van der Waals surface area (Å²) < 4.78 is 0. The molecule has 0 aromatic heterocycles. The molecule has 10 heavy (non-hydrogen) atoms. The number of hydrogen-bond donors (Lipinski definition) is 3. The van der Waals surface area contributed by atoms with E-state index in [4.69, 9.17) is 15.3 Å². The van der Waals surface area contributed by atoms with Gasteiger partial charge in [-0.25, -0.2) is 5.11 Å². The summed E-state index contributed by atoms with van der Waals surface area (Å²) in [6, 6.07) is 0. The third-order valence-electron chi connectivity index (χ3n) is 1.38. The van der Waals surface area contributed by atoms with Crippen molar-refractivity contribution in [3.63, 3.8) is 0 Å². The molecule has 1 radical (unpaired) electrons. The highest BCUT2D eigenvalue weighted by Crippen LogP contribution is 2.02. The minimum absolute atomic E-state index is 0.332. The van der Waals surface area contributed by atoms with Crippen LogP contribution >= 0.6 is 0 Å². The number of aliphatic hydroxyl groups is 3. The summed E-state index contributed by atoms with van der Waals surface area (Å²) in [4.78, 5) is 0. The first-order valence-corrected chi connectivity index (χ1v) is 3.25. The Balaban J connectivity index is 3.69. The lowest BCUT2D eigenvalue weighted by atomic mass is 10.1. The van der Waals surface area contributed by atoms with Gasteiger partial charge in [-0.05, 0) is 6.42 Å². The quantitative estimate of drug-likeness (QED) is 0.475. The van der Waals surface area contributed by atoms with Crippen molar-refractivity contribution in [2.24, 2.45) is 0 Å². The van der Waals surface area contributed by atoms with E-state index in [0.717, 1.165) is 0 Å². The maximum Gasteiger partial charge on any atom is 0.111 e. The third kappa shape index (κ3) is 2.62. The molecular weight excluding hydrogens is 136 g/mol. The van der Waals surface area contributed by atoms with E-state index in [2.05, 4.69) is 0 Å². The number of hydrogen-bond acceptors (Lipinski definition) is 3. The highest BCUT2D eigenvalue weighted by Gasteiger charge is 2.22. The first-order valence-electron chi connectivity index (χ1n) is 3.25. The fourth-order valence-electron chi connectivity index (χ4n) is 0.597. The summed E-state index contributed by atoms with van der Waals surface area (Å²) in [7, 11) is 0. The molecule has 0 aliphatic heterocycles. The van der Waals surface area contributed by atoms with E-state index >= 15 is 0 Å². The van der Waals surface area contributed by atoms with Crippen molar-refractivity contribution in [1.82, 2.24) is 0 Å². The molecule has 0 aliphatic rings. The summed E-state index contributed by atoms with van der Waals surface area (Å²) in [5.74, 6) is 0. The van der Waals surface area contributed by atoms with Gasteiger partial charge in [0, 0.05) is 0 Å². The summed E-state index contributed by atoms with van der Waals surface area (Å²) >= 11 is 0. The normalized spacial score (nSPS) is 20.1. The molecule has 0 fully saturated rings. The molecule has 0 rings (SSSR count). The van der Waals surface area contributed by atoms with Gasteiger partial charge in [-0.3, -0.25) is 0 Å². The molecule has 4 heteroatoms. The molecular formula is C6H13O4. The second-order valence-electron chi connectivity index (χ2n) is 2.20. The molecule has 0 spiro atoms. The van der Waals surface area contributed by atoms with E-state index in [1.807, 2.05) is 0 Å². The number of rotatable bonds is 4. The van der Waals surface area contributed by atoms with Crippen LogP contribution in [-0.2, 0) is 5.11 Å². The Kier molecular flexibility index (Phi) is 4.55. The molecule has 0 bridgehead atoms. The van der Waals surface area contributed by atoms with Crippen molar-refractivity contribution < 1.29 is 20.4 Å². The van der Waals surface area contributed by atoms with Crippen LogP contribution in [0.5, 0.6) is 0 Å². The predicted molar refractivity (Wildman–Crippen MR) is 33.9 cm³/mol. The topological polar surface area (TPSA) is 80.6 Å². The lowest BCUT2D eigenvalue weighted by Gasteiger charge is -2.19. The molecule has 3 unspecified atom stereocenters. The van der Waals surface area contributed by atoms with Crippen molar-refractivity contribution in [1.29, 1.82) is 0 Å². The fourth-order valence-corrected chi connectivity index (χ4v) is 0.597. The fraction of sp³-hybridized carbons (Fsp3) is 1.00. The zero-order valence-corrected chi connectivity index (χ0v) is 5.90. The lowest BCUT2D eigenvalue weighted by Crippen LogP contribution is -2.38. The Labute approximate surface area is 59.7 Å². The second kappa shape index (κ2) is 4.62. The van der Waals surface area contributed by atoms with Crippen molar-refractivity contribution in [2.45, 2.75) is 31.7 Å². The average Bonchev–Trinajstić information content (AvgIpc) is 2.00. The van der Waals surface area contributed by atoms with Gasteiger partial charge in [-0.1, -0.05) is 6.92 Å². The van der Waals surface area contributed by atoms with Crippen LogP contribution in [0.2, 0.25) is 0 Å². The maximum absolute atomic E-state index is 9.97. The monoisotopic (exact) mass is 149 g/mol. The van der Waals surface area contributed by atoms with Gasteiger partial charge in [0.25, 0.3) is 0 Å². The highest BCUT2D eigenvalue weighted by molar-refractivity contribution is 4.72. The van der Waals surface area contributed by atoms with Gasteiger partial charge in [-0.2, -0.15) is 0 Å². The Morgan fingerprint density at radius 3 is 2.00 bits per heavy atom. The minimum Gasteiger partial charge on any atom is -0.390 e. The van der Waals surface area contributed by atoms with Crippen LogP contribution < -0.4 is 0 Å². The molecule has 0 saturated carbocycles. The van der Waals surface area contributed by atoms with Crippen molar-refractivity contribution in [3.05, 3.63) is 0 Å². The van der Waals surface area contributed by atoms with Gasteiger partial charge in [0.05, 0.1) is 6.10 Å². The van der Waals surface area contributed by atoms with Gasteiger partial charge in [-0.15, -0.1) is 0 Å². The summed E-state index contributed by atoms with van der Waals surface area (Å²) in [6.45, 7) is 0.879. The van der Waals surface area contributed by atoms with Crippen LogP contribution in [0.25, 0.3) is 0 Å². The molecule has 0 heterocycles. The lowest BCUT2D eigenvalue weighted by molar-refractivity contribution is -0.0864. The Morgan fingerprint density at radius 2 is 1.70 bits per heavy atom. The first kappa shape index (κ1) is 9.84. The smallest absolute Gasteiger partial charge is 0.111 e. The zero-order chi connectivity index (χ0) is 8.15. The van der Waals surface area contributed by atoms with E-state index in [0.29, 0.717) is 6.42 Å². The predicted octanol–water partition coefficient (Wildman–Crippen LogP) is -1.09. The van der Waals surface area contributed by atoms with Crippen LogP contribution in [-0.4, -0.2) is 40.2 Å². The molecule has 0 aliphatic carbocycles. The van der Waals surface area contributed by atoms with Crippen LogP contribution in [0, 0.1) is 0 Å². The van der Waals surface area contributed by atoms with Gasteiger partial charge in [0.2, 0.25) is 0 Å². The molecule has 0 saturated heterocycles. The van der Waals surface area contributed by atoms with E-state index in [9.17, 15) is 5.11 Å². The number of aliphatic hydroxyl groups excluding tert-OH is 3. The van der Waals surface area contributed by atoms with E-state index < -0.39 is 24.9 Å². The van der Waals surface area contributed by atoms with Gasteiger partial charge in [0.1, 0.15) is 18.8 Å². The minimum atomic E-state index is -1.35. The second-order valence-corrected chi connectivity index (χ2v) is 2.20. The zero-order valence-electron chi connectivity index (χ0n) is 5.90. The molecule has 0 aromatic rings. The van der Waals surface area contributed by atoms with Gasteiger partial charge in [0.15, 0.2) is 0 Å². The van der Waals surface area contributed by atoms with Crippen molar-refractivity contribution in [2.75, 3.05) is 6.61 Å². The third-order valence-corrected chi connectivity index (χ3v) is 1.38. The van der Waals surface area contributed by atoms with Crippen LogP contribution in [0.3, 0.4) is 0 Å². The molecule has 4 nitrogen and oxygen atoms in total. The SMILES string of the molecule is CCC(O)C(O)C(O)C[O]. The van der Waals surface area contributed by atoms with Crippen molar-refractivity contribution >= 4 is 0 Å². The summed E-state index contributed by atoms with van der Waals surface area (Å²) in [6.07, 6.45) is -3.32. The Morgan fingerprint density at radius 1 is 1.20 bits per heavy atom. The van der Waals surface area contributed by atoms with Gasteiger partial charge < -0.3 is 15.3 Å². The molecule has 3 atom stereocenters. The Hall–Kier alpha value is -0.160. The van der Waals surface area contributed by atoms with Crippen LogP contribution in [0.15, 0.2) is 0 Å². The first-order chi connectivity index (χ1) is 4.63. The molecule has 0 amide bonds. The highest BCUT2D eigenvalue weighted by atomic mass is 16.4. The average molecular weight is 149 g/mol. The van der Waals surface area contributed by atoms with Gasteiger partial charge >= 0.3 is 0 Å². The van der Waals surface area contributed by atoms with Crippen LogP contribution in [0.4, 0.5) is 0 Å². The molecule has 3 N–H and O–H groups in total. The van der Waals surface area contributed by atoms with Crippen molar-refractivity contribution in [3.8, 4) is 0 Å². The standard InChI is InChI=1S/C6H13O4/c1-2-4(8)6(10)5(9)3-7/h4-6,8-10H,2-3H2,1H3. The van der Waals surface area contributed by atoms with Crippen LogP contribution in [0.1, 0.15) is 13.3 Å². The summed E-state index contributed by atoms with van der Waals surface area (Å²) in [5.41, 5.74) is 0. The largest absolute Gasteiger partial charge is 0.390 e. The summed E-state index contributed by atoms with van der Waals surface area (Å²) in [5, 5.41) is 36.4.